The third kappa shape index (κ3) is 3.12. The third-order valence-corrected chi connectivity index (χ3v) is 4.59. The molecule has 1 aliphatic heterocycles. The van der Waals surface area contributed by atoms with Gasteiger partial charge in [0.2, 0.25) is 0 Å². The Morgan fingerprint density at radius 3 is 2.19 bits per heavy atom. The number of rotatable bonds is 3. The van der Waals surface area contributed by atoms with Crippen LogP contribution in [0.2, 0.25) is 0 Å². The smallest absolute Gasteiger partial charge is 0.153 e. The second-order valence-corrected chi connectivity index (χ2v) is 6.34. The average molecular weight is 361 g/mol. The second-order valence-electron chi connectivity index (χ2n) is 5.93. The predicted molar refractivity (Wildman–Crippen MR) is 106 cm³/mol. The van der Waals surface area contributed by atoms with Gasteiger partial charge in [-0.1, -0.05) is 60.1 Å². The first-order valence-corrected chi connectivity index (χ1v) is 8.72. The molecule has 4 rings (SSSR count). The molecule has 0 bridgehead atoms. The van der Waals surface area contributed by atoms with Gasteiger partial charge in [0, 0.05) is 11.1 Å². The molecule has 2 nitrogen and oxygen atoms in total. The number of benzene rings is 3. The minimum atomic E-state index is 0.560. The van der Waals surface area contributed by atoms with E-state index in [-0.39, 0.29) is 0 Å². The van der Waals surface area contributed by atoms with Crippen molar-refractivity contribution in [1.82, 2.24) is 0 Å². The third-order valence-electron chi connectivity index (χ3n) is 4.31. The number of hydrogen-bond acceptors (Lipinski definition) is 2. The van der Waals surface area contributed by atoms with E-state index in [0.717, 1.165) is 33.8 Å². The summed E-state index contributed by atoms with van der Waals surface area (Å²) in [6.07, 6.45) is 1.97. The number of para-hydroxylation sites is 1. The largest absolute Gasteiger partial charge is 0.497 e. The van der Waals surface area contributed by atoms with E-state index in [1.165, 1.54) is 0 Å². The number of halogens is 1. The molecule has 0 saturated carbocycles. The zero-order valence-corrected chi connectivity index (χ0v) is 15.0. The molecule has 1 aliphatic rings. The Hall–Kier alpha value is -2.97. The summed E-state index contributed by atoms with van der Waals surface area (Å²) in [6.45, 7) is 0. The maximum atomic E-state index is 6.68. The van der Waals surface area contributed by atoms with Crippen molar-refractivity contribution in [3.05, 3.63) is 107 Å². The lowest BCUT2D eigenvalue weighted by atomic mass is 9.97. The number of methoxy groups -OCH3 is 1. The molecule has 3 aromatic carbocycles. The molecule has 3 aromatic rings. The Bertz CT molecular complexity index is 986. The Balaban J connectivity index is 1.88. The van der Waals surface area contributed by atoms with E-state index in [1.54, 1.807) is 7.11 Å². The Kier molecular flexibility index (Phi) is 4.51. The van der Waals surface area contributed by atoms with Gasteiger partial charge >= 0.3 is 0 Å². The SMILES string of the molecule is COc1ccc(C2=C(Cl)C=C(c3ccccc3)c3ccccc3O2)cc1. The van der Waals surface area contributed by atoms with Crippen LogP contribution in [0.5, 0.6) is 11.5 Å². The fourth-order valence-electron chi connectivity index (χ4n) is 3.00. The summed E-state index contributed by atoms with van der Waals surface area (Å²) in [6, 6.07) is 25.9. The standard InChI is InChI=1S/C23H17ClO2/c1-25-18-13-11-17(12-14-18)23-21(24)15-20(16-7-3-2-4-8-16)19-9-5-6-10-22(19)26-23/h2-15H,1H3. The monoisotopic (exact) mass is 360 g/mol. The molecule has 128 valence electrons. The molecule has 0 atom stereocenters. The van der Waals surface area contributed by atoms with E-state index in [9.17, 15) is 0 Å². The van der Waals surface area contributed by atoms with Gasteiger partial charge in [0.05, 0.1) is 12.1 Å². The van der Waals surface area contributed by atoms with E-state index in [4.69, 9.17) is 21.1 Å². The summed E-state index contributed by atoms with van der Waals surface area (Å²) in [5.41, 5.74) is 4.05. The van der Waals surface area contributed by atoms with Gasteiger partial charge in [0.15, 0.2) is 5.76 Å². The molecule has 0 N–H and O–H groups in total. The van der Waals surface area contributed by atoms with Crippen molar-refractivity contribution in [2.24, 2.45) is 0 Å². The molecule has 0 saturated heterocycles. The second kappa shape index (κ2) is 7.11. The molecule has 0 spiro atoms. The summed E-state index contributed by atoms with van der Waals surface area (Å²) < 4.78 is 11.5. The van der Waals surface area contributed by atoms with Gasteiger partial charge in [-0.15, -0.1) is 0 Å². The summed E-state index contributed by atoms with van der Waals surface area (Å²) in [4.78, 5) is 0. The molecule has 0 aliphatic carbocycles. The summed E-state index contributed by atoms with van der Waals surface area (Å²) in [5.74, 6) is 2.21. The fourth-order valence-corrected chi connectivity index (χ4v) is 3.26. The molecule has 0 fully saturated rings. The van der Waals surface area contributed by atoms with Crippen molar-refractivity contribution in [3.63, 3.8) is 0 Å². The molecule has 0 unspecified atom stereocenters. The van der Waals surface area contributed by atoms with Crippen molar-refractivity contribution in [3.8, 4) is 11.5 Å². The van der Waals surface area contributed by atoms with Crippen LogP contribution in [0, 0.1) is 0 Å². The molecule has 26 heavy (non-hydrogen) atoms. The Morgan fingerprint density at radius 2 is 1.46 bits per heavy atom. The lowest BCUT2D eigenvalue weighted by molar-refractivity contribution is 0.414. The van der Waals surface area contributed by atoms with Gasteiger partial charge in [-0.05, 0) is 47.5 Å². The van der Waals surface area contributed by atoms with Crippen LogP contribution in [0.3, 0.4) is 0 Å². The Morgan fingerprint density at radius 1 is 0.769 bits per heavy atom. The van der Waals surface area contributed by atoms with Gasteiger partial charge in [-0.3, -0.25) is 0 Å². The van der Waals surface area contributed by atoms with Crippen molar-refractivity contribution in [2.45, 2.75) is 0 Å². The van der Waals surface area contributed by atoms with Crippen LogP contribution >= 0.6 is 11.6 Å². The van der Waals surface area contributed by atoms with Gasteiger partial charge in [-0.25, -0.2) is 0 Å². The summed E-state index contributed by atoms with van der Waals surface area (Å²) in [7, 11) is 1.65. The van der Waals surface area contributed by atoms with Crippen LogP contribution in [-0.4, -0.2) is 7.11 Å². The average Bonchev–Trinajstić information content (AvgIpc) is 2.85. The maximum Gasteiger partial charge on any atom is 0.153 e. The van der Waals surface area contributed by atoms with Gasteiger partial charge in [0.25, 0.3) is 0 Å². The Labute approximate surface area is 158 Å². The minimum Gasteiger partial charge on any atom is -0.497 e. The molecule has 1 heterocycles. The maximum absolute atomic E-state index is 6.68. The molecule has 0 radical (unpaired) electrons. The van der Waals surface area contributed by atoms with Crippen molar-refractivity contribution < 1.29 is 9.47 Å². The van der Waals surface area contributed by atoms with Crippen molar-refractivity contribution in [2.75, 3.05) is 7.11 Å². The first-order chi connectivity index (χ1) is 12.8. The highest BCUT2D eigenvalue weighted by molar-refractivity contribution is 6.34. The highest BCUT2D eigenvalue weighted by Crippen LogP contribution is 2.39. The lowest BCUT2D eigenvalue weighted by Gasteiger charge is -2.13. The van der Waals surface area contributed by atoms with Crippen molar-refractivity contribution in [1.29, 1.82) is 0 Å². The fraction of sp³-hybridized carbons (Fsp3) is 0.0435. The number of ether oxygens (including phenoxy) is 2. The predicted octanol–water partition coefficient (Wildman–Crippen LogP) is 6.13. The van der Waals surface area contributed by atoms with E-state index < -0.39 is 0 Å². The van der Waals surface area contributed by atoms with Crippen LogP contribution in [0.15, 0.2) is 90.0 Å². The lowest BCUT2D eigenvalue weighted by Crippen LogP contribution is -1.97. The quantitative estimate of drug-likeness (QED) is 0.559. The first-order valence-electron chi connectivity index (χ1n) is 8.35. The molecular weight excluding hydrogens is 344 g/mol. The highest BCUT2D eigenvalue weighted by atomic mass is 35.5. The molecule has 0 aromatic heterocycles. The number of hydrogen-bond donors (Lipinski definition) is 0. The van der Waals surface area contributed by atoms with Gasteiger partial charge in [-0.2, -0.15) is 0 Å². The van der Waals surface area contributed by atoms with E-state index in [1.807, 2.05) is 66.7 Å². The number of fused-ring (bicyclic) bond motifs is 1. The van der Waals surface area contributed by atoms with Crippen LogP contribution < -0.4 is 9.47 Å². The summed E-state index contributed by atoms with van der Waals surface area (Å²) >= 11 is 6.68. The minimum absolute atomic E-state index is 0.560. The summed E-state index contributed by atoms with van der Waals surface area (Å²) in [5, 5.41) is 0.560. The molecule has 0 amide bonds. The zero-order valence-electron chi connectivity index (χ0n) is 14.3. The van der Waals surface area contributed by atoms with Gasteiger partial charge < -0.3 is 9.47 Å². The van der Waals surface area contributed by atoms with E-state index in [2.05, 4.69) is 18.2 Å². The van der Waals surface area contributed by atoms with Crippen LogP contribution in [0.1, 0.15) is 16.7 Å². The zero-order chi connectivity index (χ0) is 17.9. The van der Waals surface area contributed by atoms with E-state index in [0.29, 0.717) is 10.8 Å². The van der Waals surface area contributed by atoms with Crippen LogP contribution in [0.4, 0.5) is 0 Å². The normalized spacial score (nSPS) is 13.4. The van der Waals surface area contributed by atoms with Crippen LogP contribution in [-0.2, 0) is 0 Å². The highest BCUT2D eigenvalue weighted by Gasteiger charge is 2.20. The van der Waals surface area contributed by atoms with Crippen LogP contribution in [0.25, 0.3) is 11.3 Å². The van der Waals surface area contributed by atoms with Crippen molar-refractivity contribution >= 4 is 22.9 Å². The molecule has 3 heteroatoms. The number of allylic oxidation sites excluding steroid dienone is 2. The van der Waals surface area contributed by atoms with E-state index >= 15 is 0 Å². The van der Waals surface area contributed by atoms with Gasteiger partial charge in [0.1, 0.15) is 11.5 Å². The first kappa shape index (κ1) is 16.5. The topological polar surface area (TPSA) is 18.5 Å². The molecular formula is C23H17ClO2.